The molecule has 76 valence electrons. The van der Waals surface area contributed by atoms with E-state index in [-0.39, 0.29) is 5.69 Å². The molecule has 1 aromatic rings. The summed E-state index contributed by atoms with van der Waals surface area (Å²) in [5, 5.41) is 7.57. The predicted octanol–water partition coefficient (Wildman–Crippen LogP) is 1.99. The van der Waals surface area contributed by atoms with Gasteiger partial charge in [0.15, 0.2) is 0 Å². The van der Waals surface area contributed by atoms with Crippen molar-refractivity contribution >= 4 is 12.0 Å². The SMILES string of the molecule is N=CN(N)c1cccc(C(F)(F)F)c1. The first-order valence-electron chi connectivity index (χ1n) is 3.67. The third kappa shape index (κ3) is 2.23. The Bertz CT molecular complexity index is 335. The zero-order chi connectivity index (χ0) is 10.8. The Morgan fingerprint density at radius 3 is 2.50 bits per heavy atom. The summed E-state index contributed by atoms with van der Waals surface area (Å²) in [5.74, 6) is 5.23. The van der Waals surface area contributed by atoms with E-state index in [4.69, 9.17) is 11.3 Å². The van der Waals surface area contributed by atoms with E-state index in [1.807, 2.05) is 0 Å². The van der Waals surface area contributed by atoms with Crippen molar-refractivity contribution in [1.29, 1.82) is 5.41 Å². The monoisotopic (exact) mass is 203 g/mol. The molecule has 0 aliphatic heterocycles. The van der Waals surface area contributed by atoms with E-state index in [0.29, 0.717) is 0 Å². The molecule has 0 atom stereocenters. The van der Waals surface area contributed by atoms with Crippen LogP contribution in [0.3, 0.4) is 0 Å². The number of hydrazine groups is 1. The molecule has 0 radical (unpaired) electrons. The van der Waals surface area contributed by atoms with Crippen LogP contribution in [-0.2, 0) is 6.18 Å². The number of nitrogens with two attached hydrogens (primary N) is 1. The lowest BCUT2D eigenvalue weighted by molar-refractivity contribution is -0.137. The van der Waals surface area contributed by atoms with Gasteiger partial charge in [0.05, 0.1) is 11.3 Å². The van der Waals surface area contributed by atoms with Gasteiger partial charge in [-0.3, -0.25) is 10.4 Å². The van der Waals surface area contributed by atoms with Crippen LogP contribution < -0.4 is 10.9 Å². The number of anilines is 1. The van der Waals surface area contributed by atoms with Gasteiger partial charge in [-0.25, -0.2) is 5.84 Å². The molecule has 0 heterocycles. The van der Waals surface area contributed by atoms with Gasteiger partial charge in [-0.1, -0.05) is 6.07 Å². The molecule has 0 saturated carbocycles. The molecule has 0 aromatic heterocycles. The van der Waals surface area contributed by atoms with Crippen molar-refractivity contribution < 1.29 is 13.2 Å². The zero-order valence-electron chi connectivity index (χ0n) is 7.05. The van der Waals surface area contributed by atoms with Crippen molar-refractivity contribution in [3.63, 3.8) is 0 Å². The Morgan fingerprint density at radius 2 is 2.00 bits per heavy atom. The first kappa shape index (κ1) is 10.5. The second-order valence-corrected chi connectivity index (χ2v) is 2.58. The molecule has 3 nitrogen and oxygen atoms in total. The van der Waals surface area contributed by atoms with Gasteiger partial charge in [-0.15, -0.1) is 0 Å². The number of nitrogens with one attached hydrogen (secondary N) is 1. The fourth-order valence-corrected chi connectivity index (χ4v) is 0.917. The minimum Gasteiger partial charge on any atom is -0.290 e. The summed E-state index contributed by atoms with van der Waals surface area (Å²) in [4.78, 5) is 0. The number of hydrogen-bond donors (Lipinski definition) is 2. The molecule has 0 saturated heterocycles. The number of alkyl halides is 3. The van der Waals surface area contributed by atoms with Crippen molar-refractivity contribution in [3.8, 4) is 0 Å². The minimum atomic E-state index is -4.39. The topological polar surface area (TPSA) is 53.1 Å². The van der Waals surface area contributed by atoms with Crippen molar-refractivity contribution in [3.05, 3.63) is 29.8 Å². The first-order chi connectivity index (χ1) is 6.45. The lowest BCUT2D eigenvalue weighted by atomic mass is 10.2. The summed E-state index contributed by atoms with van der Waals surface area (Å²) < 4.78 is 36.7. The molecule has 0 bridgehead atoms. The van der Waals surface area contributed by atoms with E-state index in [1.54, 1.807) is 0 Å². The normalized spacial score (nSPS) is 11.1. The molecular weight excluding hydrogens is 195 g/mol. The van der Waals surface area contributed by atoms with Crippen molar-refractivity contribution in [2.24, 2.45) is 5.84 Å². The molecule has 14 heavy (non-hydrogen) atoms. The Kier molecular flexibility index (Phi) is 2.76. The van der Waals surface area contributed by atoms with Gasteiger partial charge >= 0.3 is 6.18 Å². The maximum absolute atomic E-state index is 12.2. The van der Waals surface area contributed by atoms with E-state index >= 15 is 0 Å². The summed E-state index contributed by atoms with van der Waals surface area (Å²) in [6.45, 7) is 0. The lowest BCUT2D eigenvalue weighted by Crippen LogP contribution is -2.28. The van der Waals surface area contributed by atoms with Gasteiger partial charge in [-0.05, 0) is 18.2 Å². The molecule has 0 aliphatic carbocycles. The fourth-order valence-electron chi connectivity index (χ4n) is 0.917. The highest BCUT2D eigenvalue weighted by Gasteiger charge is 2.30. The average Bonchev–Trinajstić information content (AvgIpc) is 2.15. The Morgan fingerprint density at radius 1 is 1.36 bits per heavy atom. The Labute approximate surface area is 78.4 Å². The van der Waals surface area contributed by atoms with Crippen LogP contribution in [0.15, 0.2) is 24.3 Å². The van der Waals surface area contributed by atoms with Crippen LogP contribution >= 0.6 is 0 Å². The van der Waals surface area contributed by atoms with Crippen LogP contribution in [0.2, 0.25) is 0 Å². The van der Waals surface area contributed by atoms with E-state index in [9.17, 15) is 13.2 Å². The molecule has 0 spiro atoms. The predicted molar refractivity (Wildman–Crippen MR) is 46.9 cm³/mol. The third-order valence-corrected chi connectivity index (χ3v) is 1.61. The highest BCUT2D eigenvalue weighted by molar-refractivity contribution is 5.75. The lowest BCUT2D eigenvalue weighted by Gasteiger charge is -2.14. The Balaban J connectivity index is 3.07. The quantitative estimate of drug-likeness (QED) is 0.334. The summed E-state index contributed by atoms with van der Waals surface area (Å²) in [6, 6.07) is 4.45. The summed E-state index contributed by atoms with van der Waals surface area (Å²) in [5.41, 5.74) is -0.665. The molecule has 0 fully saturated rings. The second kappa shape index (κ2) is 3.67. The molecule has 0 aliphatic rings. The van der Waals surface area contributed by atoms with E-state index < -0.39 is 11.7 Å². The standard InChI is InChI=1S/C8H8F3N3/c9-8(10,11)6-2-1-3-7(4-6)14(13)5-12/h1-5,12H,13H2. The number of nitrogens with zero attached hydrogens (tertiary/aromatic N) is 1. The Hall–Kier alpha value is -1.56. The summed E-state index contributed by atoms with van der Waals surface area (Å²) in [7, 11) is 0. The highest BCUT2D eigenvalue weighted by atomic mass is 19.4. The van der Waals surface area contributed by atoms with E-state index in [2.05, 4.69) is 0 Å². The van der Waals surface area contributed by atoms with Crippen molar-refractivity contribution in [2.75, 3.05) is 5.01 Å². The van der Waals surface area contributed by atoms with Crippen LogP contribution in [0.4, 0.5) is 18.9 Å². The van der Waals surface area contributed by atoms with Gasteiger partial charge in [0.1, 0.15) is 6.34 Å². The van der Waals surface area contributed by atoms with Crippen LogP contribution in [0, 0.1) is 5.41 Å². The van der Waals surface area contributed by atoms with Gasteiger partial charge in [-0.2, -0.15) is 13.2 Å². The number of hydrogen-bond acceptors (Lipinski definition) is 2. The maximum atomic E-state index is 12.2. The van der Waals surface area contributed by atoms with Gasteiger partial charge in [0, 0.05) is 0 Å². The molecule has 0 unspecified atom stereocenters. The molecular formula is C8H8F3N3. The van der Waals surface area contributed by atoms with Crippen molar-refractivity contribution in [2.45, 2.75) is 6.18 Å². The molecule has 3 N–H and O–H groups in total. The van der Waals surface area contributed by atoms with Gasteiger partial charge in [0.25, 0.3) is 0 Å². The van der Waals surface area contributed by atoms with Crippen molar-refractivity contribution in [1.82, 2.24) is 0 Å². The van der Waals surface area contributed by atoms with Crippen LogP contribution in [0.1, 0.15) is 5.56 Å². The van der Waals surface area contributed by atoms with Gasteiger partial charge < -0.3 is 0 Å². The number of rotatable bonds is 2. The average molecular weight is 203 g/mol. The molecule has 6 heteroatoms. The largest absolute Gasteiger partial charge is 0.416 e. The summed E-state index contributed by atoms with van der Waals surface area (Å²) in [6.07, 6.45) is -3.66. The molecule has 1 rings (SSSR count). The summed E-state index contributed by atoms with van der Waals surface area (Å²) >= 11 is 0. The van der Waals surface area contributed by atoms with E-state index in [1.165, 1.54) is 12.1 Å². The number of benzene rings is 1. The second-order valence-electron chi connectivity index (χ2n) is 2.58. The minimum absolute atomic E-state index is 0.120. The fraction of sp³-hybridized carbons (Fsp3) is 0.125. The first-order valence-corrected chi connectivity index (χ1v) is 3.67. The molecule has 1 aromatic carbocycles. The van der Waals surface area contributed by atoms with E-state index in [0.717, 1.165) is 23.5 Å². The van der Waals surface area contributed by atoms with Gasteiger partial charge in [0.2, 0.25) is 0 Å². The maximum Gasteiger partial charge on any atom is 0.416 e. The van der Waals surface area contributed by atoms with Crippen LogP contribution in [0.5, 0.6) is 0 Å². The third-order valence-electron chi connectivity index (χ3n) is 1.61. The highest BCUT2D eigenvalue weighted by Crippen LogP contribution is 2.30. The smallest absolute Gasteiger partial charge is 0.290 e. The molecule has 0 amide bonds. The van der Waals surface area contributed by atoms with Crippen LogP contribution in [-0.4, -0.2) is 6.34 Å². The number of halogens is 3. The van der Waals surface area contributed by atoms with Crippen LogP contribution in [0.25, 0.3) is 0 Å². The zero-order valence-corrected chi connectivity index (χ0v) is 7.05.